The molecule has 0 amide bonds. The lowest BCUT2D eigenvalue weighted by Gasteiger charge is -2.11. The van der Waals surface area contributed by atoms with E-state index in [0.29, 0.717) is 6.54 Å². The molecule has 0 atom stereocenters. The fourth-order valence-electron chi connectivity index (χ4n) is 2.38. The van der Waals surface area contributed by atoms with Gasteiger partial charge in [0.1, 0.15) is 11.5 Å². The number of hydrogen-bond acceptors (Lipinski definition) is 5. The second-order valence-electron chi connectivity index (χ2n) is 5.28. The van der Waals surface area contributed by atoms with Crippen molar-refractivity contribution in [3.8, 4) is 22.8 Å². The summed E-state index contributed by atoms with van der Waals surface area (Å²) < 4.78 is 12.8. The average molecular weight is 359 g/mol. The summed E-state index contributed by atoms with van der Waals surface area (Å²) in [6, 6.07) is 5.79. The van der Waals surface area contributed by atoms with Crippen molar-refractivity contribution in [2.75, 3.05) is 20.8 Å². The van der Waals surface area contributed by atoms with E-state index in [4.69, 9.17) is 14.6 Å². The normalized spacial score (nSPS) is 11.3. The lowest BCUT2D eigenvalue weighted by molar-refractivity contribution is 0.395. The van der Waals surface area contributed by atoms with Crippen LogP contribution in [0.25, 0.3) is 11.3 Å². The molecule has 25 heavy (non-hydrogen) atoms. The van der Waals surface area contributed by atoms with E-state index in [2.05, 4.69) is 30.8 Å². The Bertz CT molecular complexity index is 812. The van der Waals surface area contributed by atoms with Crippen LogP contribution >= 0.6 is 11.3 Å². The maximum Gasteiger partial charge on any atom is 0.206 e. The van der Waals surface area contributed by atoms with E-state index >= 15 is 0 Å². The predicted molar refractivity (Wildman–Crippen MR) is 105 cm³/mol. The third-order valence-corrected chi connectivity index (χ3v) is 4.64. The first-order valence-electron chi connectivity index (χ1n) is 8.29. The van der Waals surface area contributed by atoms with E-state index in [-0.39, 0.29) is 0 Å². The van der Waals surface area contributed by atoms with Gasteiger partial charge in [-0.1, -0.05) is 19.9 Å². The number of aromatic nitrogens is 1. The molecule has 0 bridgehead atoms. The van der Waals surface area contributed by atoms with E-state index in [1.54, 1.807) is 31.6 Å². The zero-order valence-corrected chi connectivity index (χ0v) is 16.1. The lowest BCUT2D eigenvalue weighted by Crippen LogP contribution is -2.14. The van der Waals surface area contributed by atoms with E-state index < -0.39 is 0 Å². The Kier molecular flexibility index (Phi) is 7.01. The van der Waals surface area contributed by atoms with Crippen molar-refractivity contribution < 1.29 is 9.47 Å². The van der Waals surface area contributed by atoms with Gasteiger partial charge in [0, 0.05) is 22.7 Å². The van der Waals surface area contributed by atoms with Crippen molar-refractivity contribution in [3.05, 3.63) is 41.0 Å². The second-order valence-corrected chi connectivity index (χ2v) is 6.12. The molecule has 0 aliphatic carbocycles. The van der Waals surface area contributed by atoms with Crippen molar-refractivity contribution >= 4 is 17.0 Å². The van der Waals surface area contributed by atoms with Gasteiger partial charge < -0.3 is 9.47 Å². The molecule has 134 valence electrons. The lowest BCUT2D eigenvalue weighted by atomic mass is 10.1. The molecule has 1 aromatic carbocycles. The molecule has 2 rings (SSSR count). The summed E-state index contributed by atoms with van der Waals surface area (Å²) in [7, 11) is 3.30. The van der Waals surface area contributed by atoms with Crippen molar-refractivity contribution in [2.24, 2.45) is 10.1 Å². The minimum absolute atomic E-state index is 0.558. The topological polar surface area (TPSA) is 48.1 Å². The van der Waals surface area contributed by atoms with Crippen molar-refractivity contribution in [3.63, 3.8) is 0 Å². The number of benzene rings is 1. The van der Waals surface area contributed by atoms with Gasteiger partial charge in [0.25, 0.3) is 0 Å². The summed E-state index contributed by atoms with van der Waals surface area (Å²) in [4.78, 5) is 5.41. The summed E-state index contributed by atoms with van der Waals surface area (Å²) in [5, 5.41) is 6.89. The molecule has 0 saturated heterocycles. The highest BCUT2D eigenvalue weighted by atomic mass is 32.1. The number of hydrogen-bond donors (Lipinski definition) is 0. The highest BCUT2D eigenvalue weighted by molar-refractivity contribution is 7.07. The van der Waals surface area contributed by atoms with Gasteiger partial charge in [-0.15, -0.1) is 17.9 Å². The van der Waals surface area contributed by atoms with Gasteiger partial charge >= 0.3 is 0 Å². The smallest absolute Gasteiger partial charge is 0.206 e. The first-order valence-corrected chi connectivity index (χ1v) is 9.17. The SMILES string of the molecule is C=CCN=c1scc(-c2ccc(OC)cc2OC)n1N=C(CC)CC. The van der Waals surface area contributed by atoms with Crippen LogP contribution in [0.5, 0.6) is 11.5 Å². The molecule has 0 fully saturated rings. The van der Waals surface area contributed by atoms with E-state index in [1.807, 2.05) is 22.9 Å². The molecule has 0 radical (unpaired) electrons. The van der Waals surface area contributed by atoms with Crippen LogP contribution in [0.1, 0.15) is 26.7 Å². The van der Waals surface area contributed by atoms with Crippen LogP contribution in [0.2, 0.25) is 0 Å². The standard InChI is InChI=1S/C19H25N3O2S/c1-6-11-20-19-22(21-14(7-2)8-3)17(13-25-19)16-10-9-15(23-4)12-18(16)24-5/h6,9-10,12-13H,1,7-8,11H2,2-5H3. The fraction of sp³-hybridized carbons (Fsp3) is 0.368. The molecular formula is C19H25N3O2S. The number of methoxy groups -OCH3 is 2. The first kappa shape index (κ1) is 19.0. The van der Waals surface area contributed by atoms with Crippen LogP contribution in [0.4, 0.5) is 0 Å². The maximum absolute atomic E-state index is 5.56. The molecule has 0 aliphatic rings. The summed E-state index contributed by atoms with van der Waals surface area (Å²) in [6.45, 7) is 8.53. The summed E-state index contributed by atoms with van der Waals surface area (Å²) in [5.41, 5.74) is 3.02. The van der Waals surface area contributed by atoms with Gasteiger partial charge in [0.15, 0.2) is 0 Å². The third kappa shape index (κ3) is 4.39. The zero-order chi connectivity index (χ0) is 18.2. The van der Waals surface area contributed by atoms with Crippen LogP contribution in [0, 0.1) is 0 Å². The third-order valence-electron chi connectivity index (χ3n) is 3.78. The van der Waals surface area contributed by atoms with Crippen LogP contribution in [-0.4, -0.2) is 31.2 Å². The van der Waals surface area contributed by atoms with Crippen molar-refractivity contribution in [1.82, 2.24) is 4.68 Å². The van der Waals surface area contributed by atoms with Crippen LogP contribution < -0.4 is 14.3 Å². The minimum Gasteiger partial charge on any atom is -0.497 e. The van der Waals surface area contributed by atoms with Crippen LogP contribution in [-0.2, 0) is 0 Å². The molecule has 6 heteroatoms. The first-order chi connectivity index (χ1) is 12.2. The van der Waals surface area contributed by atoms with Gasteiger partial charge in [-0.3, -0.25) is 4.99 Å². The molecule has 2 aromatic rings. The molecule has 0 saturated carbocycles. The Morgan fingerprint density at radius 1 is 1.24 bits per heavy atom. The van der Waals surface area contributed by atoms with Gasteiger partial charge in [-0.25, -0.2) is 4.68 Å². The van der Waals surface area contributed by atoms with Crippen molar-refractivity contribution in [1.29, 1.82) is 0 Å². The van der Waals surface area contributed by atoms with Gasteiger partial charge in [0.2, 0.25) is 4.80 Å². The molecule has 1 aromatic heterocycles. The maximum atomic E-state index is 5.56. The number of rotatable bonds is 8. The molecule has 0 unspecified atom stereocenters. The summed E-state index contributed by atoms with van der Waals surface area (Å²) >= 11 is 1.56. The molecular weight excluding hydrogens is 334 g/mol. The summed E-state index contributed by atoms with van der Waals surface area (Å²) in [5.74, 6) is 1.50. The van der Waals surface area contributed by atoms with Gasteiger partial charge in [0.05, 0.1) is 26.5 Å². The molecule has 0 spiro atoms. The highest BCUT2D eigenvalue weighted by Gasteiger charge is 2.14. The van der Waals surface area contributed by atoms with E-state index in [0.717, 1.165) is 46.1 Å². The van der Waals surface area contributed by atoms with Gasteiger partial charge in [-0.05, 0) is 25.0 Å². The van der Waals surface area contributed by atoms with Gasteiger partial charge in [-0.2, -0.15) is 5.10 Å². The molecule has 1 heterocycles. The highest BCUT2D eigenvalue weighted by Crippen LogP contribution is 2.33. The Morgan fingerprint density at radius 2 is 2.00 bits per heavy atom. The van der Waals surface area contributed by atoms with Crippen LogP contribution in [0.15, 0.2) is 46.3 Å². The number of thiazole rings is 1. The summed E-state index contributed by atoms with van der Waals surface area (Å²) in [6.07, 6.45) is 3.58. The van der Waals surface area contributed by atoms with Crippen LogP contribution in [0.3, 0.4) is 0 Å². The average Bonchev–Trinajstić information content (AvgIpc) is 3.05. The molecule has 0 N–H and O–H groups in total. The predicted octanol–water partition coefficient (Wildman–Crippen LogP) is 4.34. The Balaban J connectivity index is 2.68. The Morgan fingerprint density at radius 3 is 2.60 bits per heavy atom. The quantitative estimate of drug-likeness (QED) is 0.520. The molecule has 0 aliphatic heterocycles. The number of ether oxygens (including phenoxy) is 2. The zero-order valence-electron chi connectivity index (χ0n) is 15.3. The molecule has 5 nitrogen and oxygen atoms in total. The minimum atomic E-state index is 0.558. The van der Waals surface area contributed by atoms with E-state index in [9.17, 15) is 0 Å². The van der Waals surface area contributed by atoms with Crippen molar-refractivity contribution in [2.45, 2.75) is 26.7 Å². The Hall–Kier alpha value is -2.34. The fourth-order valence-corrected chi connectivity index (χ4v) is 3.21. The number of nitrogens with zero attached hydrogens (tertiary/aromatic N) is 3. The van der Waals surface area contributed by atoms with E-state index in [1.165, 1.54) is 0 Å². The second kappa shape index (κ2) is 9.22. The largest absolute Gasteiger partial charge is 0.497 e. The monoisotopic (exact) mass is 359 g/mol. The Labute approximate surface area is 153 Å².